The Balaban J connectivity index is 1.86. The lowest BCUT2D eigenvalue weighted by Crippen LogP contribution is -2.53. The van der Waals surface area contributed by atoms with Gasteiger partial charge in [-0.1, -0.05) is 53.5 Å². The Morgan fingerprint density at radius 2 is 1.90 bits per heavy atom. The molecule has 2 aromatic carbocycles. The maximum absolute atomic E-state index is 12.7. The summed E-state index contributed by atoms with van der Waals surface area (Å²) < 4.78 is 5.88. The molecule has 0 saturated carbocycles. The molecule has 0 aliphatic carbocycles. The van der Waals surface area contributed by atoms with Crippen LogP contribution in [0.3, 0.4) is 0 Å². The molecule has 148 valence electrons. The van der Waals surface area contributed by atoms with Crippen molar-refractivity contribution < 1.29 is 14.3 Å². The van der Waals surface area contributed by atoms with Crippen molar-refractivity contribution in [3.63, 3.8) is 0 Å². The molecule has 5 nitrogen and oxygen atoms in total. The van der Waals surface area contributed by atoms with Gasteiger partial charge in [-0.3, -0.25) is 19.8 Å². The Morgan fingerprint density at radius 3 is 2.62 bits per heavy atom. The maximum Gasteiger partial charge on any atom is 0.265 e. The highest BCUT2D eigenvalue weighted by Crippen LogP contribution is 2.26. The van der Waals surface area contributed by atoms with E-state index >= 15 is 0 Å². The highest BCUT2D eigenvalue weighted by molar-refractivity contribution is 7.80. The van der Waals surface area contributed by atoms with Crippen LogP contribution in [0.5, 0.6) is 5.75 Å². The lowest BCUT2D eigenvalue weighted by molar-refractivity contribution is -0.128. The van der Waals surface area contributed by atoms with E-state index in [2.05, 4.69) is 11.9 Å². The van der Waals surface area contributed by atoms with E-state index in [1.807, 2.05) is 6.07 Å². The molecule has 1 aliphatic heterocycles. The number of carbonyl (C=O) groups is 2. The molecule has 29 heavy (non-hydrogen) atoms. The van der Waals surface area contributed by atoms with Gasteiger partial charge in [-0.2, -0.15) is 0 Å². The molecule has 2 amide bonds. The van der Waals surface area contributed by atoms with Crippen molar-refractivity contribution in [1.29, 1.82) is 0 Å². The fraction of sp³-hybridized carbons (Fsp3) is 0.0952. The number of rotatable bonds is 6. The number of thiocarbonyl (C=S) groups is 1. The summed E-state index contributed by atoms with van der Waals surface area (Å²) >= 11 is 17.0. The molecule has 0 atom stereocenters. The summed E-state index contributed by atoms with van der Waals surface area (Å²) in [4.78, 5) is 26.3. The van der Waals surface area contributed by atoms with Crippen molar-refractivity contribution in [1.82, 2.24) is 10.2 Å². The summed E-state index contributed by atoms with van der Waals surface area (Å²) in [5.74, 6) is -0.535. The van der Waals surface area contributed by atoms with E-state index in [1.54, 1.807) is 36.4 Å². The quantitative estimate of drug-likeness (QED) is 0.309. The summed E-state index contributed by atoms with van der Waals surface area (Å²) in [6, 6.07) is 12.3. The second-order valence-electron chi connectivity index (χ2n) is 6.10. The summed E-state index contributed by atoms with van der Waals surface area (Å²) in [5.41, 5.74) is 1.37. The van der Waals surface area contributed by atoms with Gasteiger partial charge >= 0.3 is 0 Å². The first-order valence-corrected chi connectivity index (χ1v) is 9.72. The van der Waals surface area contributed by atoms with Gasteiger partial charge in [-0.25, -0.2) is 0 Å². The molecule has 0 bridgehead atoms. The highest BCUT2D eigenvalue weighted by Gasteiger charge is 2.32. The third-order valence-electron chi connectivity index (χ3n) is 4.09. The van der Waals surface area contributed by atoms with E-state index in [-0.39, 0.29) is 23.8 Å². The summed E-state index contributed by atoms with van der Waals surface area (Å²) in [6.45, 7) is 4.05. The molecule has 1 N–H and O–H groups in total. The van der Waals surface area contributed by atoms with Crippen molar-refractivity contribution in [3.8, 4) is 5.75 Å². The van der Waals surface area contributed by atoms with Crippen molar-refractivity contribution in [2.45, 2.75) is 6.61 Å². The SMILES string of the molecule is C=CCN1C(=O)/C(=C/c2ccccc2OCc2ccc(Cl)c(Cl)c2)C(=O)NC1=S. The Hall–Kier alpha value is -2.67. The van der Waals surface area contributed by atoms with Gasteiger partial charge in [-0.15, -0.1) is 6.58 Å². The van der Waals surface area contributed by atoms with Gasteiger partial charge in [0.15, 0.2) is 5.11 Å². The van der Waals surface area contributed by atoms with Gasteiger partial charge in [0, 0.05) is 12.1 Å². The van der Waals surface area contributed by atoms with E-state index in [0.29, 0.717) is 21.4 Å². The van der Waals surface area contributed by atoms with Crippen molar-refractivity contribution in [3.05, 3.63) is 81.9 Å². The minimum Gasteiger partial charge on any atom is -0.488 e. The topological polar surface area (TPSA) is 58.6 Å². The number of hydrogen-bond donors (Lipinski definition) is 1. The van der Waals surface area contributed by atoms with Gasteiger partial charge in [0.2, 0.25) is 0 Å². The summed E-state index contributed by atoms with van der Waals surface area (Å²) in [5, 5.41) is 3.47. The molecule has 8 heteroatoms. The molecule has 1 saturated heterocycles. The van der Waals surface area contributed by atoms with Gasteiger partial charge in [0.25, 0.3) is 11.8 Å². The number of para-hydroxylation sites is 1. The number of carbonyl (C=O) groups excluding carboxylic acids is 2. The van der Waals surface area contributed by atoms with Gasteiger partial charge in [-0.05, 0) is 42.1 Å². The molecule has 0 aromatic heterocycles. The fourth-order valence-corrected chi connectivity index (χ4v) is 3.24. The zero-order valence-corrected chi connectivity index (χ0v) is 17.5. The molecule has 1 heterocycles. The lowest BCUT2D eigenvalue weighted by Gasteiger charge is -2.27. The van der Waals surface area contributed by atoms with E-state index in [4.69, 9.17) is 40.2 Å². The second-order valence-corrected chi connectivity index (χ2v) is 7.30. The third kappa shape index (κ3) is 4.85. The molecule has 0 unspecified atom stereocenters. The zero-order valence-electron chi connectivity index (χ0n) is 15.2. The number of benzene rings is 2. The number of halogens is 2. The van der Waals surface area contributed by atoms with Crippen LogP contribution in [-0.4, -0.2) is 28.4 Å². The van der Waals surface area contributed by atoms with Gasteiger partial charge in [0.1, 0.15) is 17.9 Å². The van der Waals surface area contributed by atoms with Gasteiger partial charge in [0.05, 0.1) is 10.0 Å². The molecule has 0 spiro atoms. The van der Waals surface area contributed by atoms with Crippen LogP contribution in [0, 0.1) is 0 Å². The molecule has 3 rings (SSSR count). The average Bonchev–Trinajstić information content (AvgIpc) is 2.70. The largest absolute Gasteiger partial charge is 0.488 e. The van der Waals surface area contributed by atoms with Crippen LogP contribution < -0.4 is 10.1 Å². The number of nitrogens with zero attached hydrogens (tertiary/aromatic N) is 1. The van der Waals surface area contributed by atoms with Crippen molar-refractivity contribution >= 4 is 58.4 Å². The van der Waals surface area contributed by atoms with Crippen LogP contribution in [0.4, 0.5) is 0 Å². The Labute approximate surface area is 183 Å². The predicted octanol–water partition coefficient (Wildman–Crippen LogP) is 4.39. The molecule has 1 aliphatic rings. The fourth-order valence-electron chi connectivity index (χ4n) is 2.67. The number of nitrogens with one attached hydrogen (secondary N) is 1. The van der Waals surface area contributed by atoms with Crippen molar-refractivity contribution in [2.24, 2.45) is 0 Å². The maximum atomic E-state index is 12.7. The second kappa shape index (κ2) is 9.22. The summed E-state index contributed by atoms with van der Waals surface area (Å²) in [7, 11) is 0. The number of hydrogen-bond acceptors (Lipinski definition) is 4. The highest BCUT2D eigenvalue weighted by atomic mass is 35.5. The van der Waals surface area contributed by atoms with E-state index in [1.165, 1.54) is 17.1 Å². The lowest BCUT2D eigenvalue weighted by atomic mass is 10.1. The first-order valence-electron chi connectivity index (χ1n) is 8.56. The Kier molecular flexibility index (Phi) is 6.69. The molecular weight excluding hydrogens is 431 g/mol. The first kappa shape index (κ1) is 21.0. The van der Waals surface area contributed by atoms with E-state index < -0.39 is 11.8 Å². The van der Waals surface area contributed by atoms with Crippen LogP contribution in [0.1, 0.15) is 11.1 Å². The Morgan fingerprint density at radius 1 is 1.14 bits per heavy atom. The minimum absolute atomic E-state index is 0.0361. The zero-order chi connectivity index (χ0) is 21.0. The van der Waals surface area contributed by atoms with E-state index in [0.717, 1.165) is 5.56 Å². The first-order chi connectivity index (χ1) is 13.9. The normalized spacial score (nSPS) is 15.4. The third-order valence-corrected chi connectivity index (χ3v) is 5.16. The smallest absolute Gasteiger partial charge is 0.265 e. The standard InChI is InChI=1S/C21H16Cl2N2O3S/c1-2-9-25-20(27)15(19(26)24-21(25)29)11-14-5-3-4-6-18(14)28-12-13-7-8-16(22)17(23)10-13/h2-8,10-11H,1,9,12H2,(H,24,26,29)/b15-11+. The molecule has 1 fully saturated rings. The summed E-state index contributed by atoms with van der Waals surface area (Å²) in [6.07, 6.45) is 3.02. The average molecular weight is 447 g/mol. The van der Waals surface area contributed by atoms with Crippen LogP contribution in [0.2, 0.25) is 10.0 Å². The number of amides is 2. The Bertz CT molecular complexity index is 1040. The van der Waals surface area contributed by atoms with Crippen LogP contribution in [0.15, 0.2) is 60.7 Å². The van der Waals surface area contributed by atoms with Crippen LogP contribution in [-0.2, 0) is 16.2 Å². The molecule has 0 radical (unpaired) electrons. The molecular formula is C21H16Cl2N2O3S. The minimum atomic E-state index is -0.556. The number of ether oxygens (including phenoxy) is 1. The molecule has 2 aromatic rings. The van der Waals surface area contributed by atoms with Crippen LogP contribution in [0.25, 0.3) is 6.08 Å². The van der Waals surface area contributed by atoms with Crippen LogP contribution >= 0.6 is 35.4 Å². The predicted molar refractivity (Wildman–Crippen MR) is 118 cm³/mol. The van der Waals surface area contributed by atoms with E-state index in [9.17, 15) is 9.59 Å². The monoisotopic (exact) mass is 446 g/mol. The van der Waals surface area contributed by atoms with Crippen molar-refractivity contribution in [2.75, 3.05) is 6.54 Å². The van der Waals surface area contributed by atoms with Gasteiger partial charge < -0.3 is 4.74 Å².